The van der Waals surface area contributed by atoms with E-state index in [2.05, 4.69) is 0 Å². The Hall–Kier alpha value is -1.03. The Morgan fingerprint density at radius 3 is 1.69 bits per heavy atom. The Morgan fingerprint density at radius 1 is 0.966 bits per heavy atom. The van der Waals surface area contributed by atoms with Crippen LogP contribution in [0.15, 0.2) is 0 Å². The minimum Gasteiger partial charge on any atom is -0.743 e. The second kappa shape index (κ2) is 9.41. The average Bonchev–Trinajstić information content (AvgIpc) is 2.55. The first-order valence-corrected chi connectivity index (χ1v) is 10.7. The van der Waals surface area contributed by atoms with Gasteiger partial charge in [-0.3, -0.25) is 9.59 Å². The van der Waals surface area contributed by atoms with Gasteiger partial charge in [-0.1, -0.05) is 6.92 Å². The molecule has 0 aromatic carbocycles. The zero-order valence-corrected chi connectivity index (χ0v) is 16.1. The molecule has 16 heteroatoms. The summed E-state index contributed by atoms with van der Waals surface area (Å²) in [4.78, 5) is 22.0. The molecule has 0 unspecified atom stereocenters. The van der Waals surface area contributed by atoms with Crippen molar-refractivity contribution in [1.82, 2.24) is 0 Å². The maximum absolute atomic E-state index is 12.2. The molecule has 0 aromatic heterocycles. The van der Waals surface area contributed by atoms with E-state index in [4.69, 9.17) is 0 Å². The normalized spacial score (nSPS) is 17.6. The summed E-state index contributed by atoms with van der Waals surface area (Å²) >= 11 is 0. The monoisotopic (exact) mass is 486 g/mol. The van der Waals surface area contributed by atoms with Crippen LogP contribution in [0.25, 0.3) is 0 Å². The fraction of sp³-hybridized carbons (Fsp3) is 0.846. The van der Waals surface area contributed by atoms with Crippen molar-refractivity contribution in [2.45, 2.75) is 49.5 Å². The Labute approximate surface area is 162 Å². The topological polar surface area (TPSA) is 91.3 Å². The standard InChI is InChI=1S/C9H15O2S.C4HF9O3S/c1-2-8(10)7-12-5-3-9(11)4-6-12;5-1(6,3(9,10)11)2(7,8)4(12,13)17(14,15)16/h2-7H2,1H3;(H,14,15,16)/q+1;/p-1. The molecular formula is C13H15F9O5S2. The van der Waals surface area contributed by atoms with Crippen LogP contribution in [-0.2, 0) is 30.6 Å². The second-order valence-corrected chi connectivity index (χ2v) is 9.46. The molecule has 1 fully saturated rings. The van der Waals surface area contributed by atoms with Crippen molar-refractivity contribution in [1.29, 1.82) is 0 Å². The molecule has 0 N–H and O–H groups in total. The molecule has 0 aliphatic carbocycles. The molecule has 0 amide bonds. The lowest BCUT2D eigenvalue weighted by atomic mass is 10.1. The summed E-state index contributed by atoms with van der Waals surface area (Å²) in [5.41, 5.74) is 0. The van der Waals surface area contributed by atoms with E-state index in [1.807, 2.05) is 6.92 Å². The highest BCUT2D eigenvalue weighted by Crippen LogP contribution is 2.54. The largest absolute Gasteiger partial charge is 0.743 e. The van der Waals surface area contributed by atoms with Crippen LogP contribution in [0.4, 0.5) is 39.5 Å². The summed E-state index contributed by atoms with van der Waals surface area (Å²) in [7, 11) is -7.18. The Morgan fingerprint density at radius 2 is 1.38 bits per heavy atom. The second-order valence-electron chi connectivity index (χ2n) is 5.71. The van der Waals surface area contributed by atoms with Gasteiger partial charge in [-0.05, 0) is 10.9 Å². The van der Waals surface area contributed by atoms with Crippen LogP contribution in [0.3, 0.4) is 0 Å². The number of hydrogen-bond donors (Lipinski definition) is 0. The van der Waals surface area contributed by atoms with E-state index in [0.29, 0.717) is 30.8 Å². The summed E-state index contributed by atoms with van der Waals surface area (Å²) < 4.78 is 135. The number of carbonyl (C=O) groups excluding carboxylic acids is 2. The third-order valence-electron chi connectivity index (χ3n) is 3.53. The molecule has 0 aromatic rings. The lowest BCUT2D eigenvalue weighted by molar-refractivity contribution is -0.382. The molecule has 0 radical (unpaired) electrons. The van der Waals surface area contributed by atoms with Crippen LogP contribution in [0, 0.1) is 0 Å². The van der Waals surface area contributed by atoms with Gasteiger partial charge in [-0.2, -0.15) is 39.5 Å². The highest BCUT2D eigenvalue weighted by molar-refractivity contribution is 7.97. The van der Waals surface area contributed by atoms with Gasteiger partial charge < -0.3 is 4.55 Å². The lowest BCUT2D eigenvalue weighted by Crippen LogP contribution is -2.63. The molecule has 1 saturated heterocycles. The van der Waals surface area contributed by atoms with Gasteiger partial charge in [0.15, 0.2) is 21.7 Å². The van der Waals surface area contributed by atoms with E-state index in [-0.39, 0.29) is 10.9 Å². The van der Waals surface area contributed by atoms with E-state index in [9.17, 15) is 62.1 Å². The van der Waals surface area contributed by atoms with Crippen molar-refractivity contribution in [2.24, 2.45) is 0 Å². The predicted molar refractivity (Wildman–Crippen MR) is 82.1 cm³/mol. The number of rotatable bonds is 6. The van der Waals surface area contributed by atoms with Crippen LogP contribution in [-0.4, -0.2) is 65.1 Å². The van der Waals surface area contributed by atoms with E-state index in [1.54, 1.807) is 0 Å². The summed E-state index contributed by atoms with van der Waals surface area (Å²) in [5, 5.41) is -7.11. The van der Waals surface area contributed by atoms with Crippen LogP contribution in [0.1, 0.15) is 26.2 Å². The highest BCUT2D eigenvalue weighted by atomic mass is 32.2. The fourth-order valence-electron chi connectivity index (χ4n) is 1.74. The maximum atomic E-state index is 12.2. The number of hydrogen-bond acceptors (Lipinski definition) is 5. The molecule has 0 saturated carbocycles. The SMILES string of the molecule is CCC(=O)C[S+]1CCC(=O)CC1.O=S(=O)([O-])C(F)(F)C(F)(F)C(F)(F)C(F)(F)F. The fourth-order valence-corrected chi connectivity index (χ4v) is 4.36. The lowest BCUT2D eigenvalue weighted by Gasteiger charge is -2.34. The molecule has 0 bridgehead atoms. The molecule has 1 heterocycles. The van der Waals surface area contributed by atoms with Gasteiger partial charge in [-0.25, -0.2) is 8.42 Å². The van der Waals surface area contributed by atoms with Crippen molar-refractivity contribution in [2.75, 3.05) is 17.3 Å². The molecule has 0 atom stereocenters. The van der Waals surface area contributed by atoms with E-state index in [0.717, 1.165) is 17.3 Å². The third kappa shape index (κ3) is 6.47. The van der Waals surface area contributed by atoms with Crippen LogP contribution >= 0.6 is 0 Å². The van der Waals surface area contributed by atoms with Gasteiger partial charge in [0.25, 0.3) is 0 Å². The minimum absolute atomic E-state index is 0.234. The Kier molecular flexibility index (Phi) is 9.07. The van der Waals surface area contributed by atoms with Gasteiger partial charge >= 0.3 is 23.3 Å². The number of Topliss-reactive ketones (excluding diaryl/α,β-unsaturated/α-hetero) is 2. The molecular weight excluding hydrogens is 471 g/mol. The molecule has 5 nitrogen and oxygen atoms in total. The summed E-state index contributed by atoms with van der Waals surface area (Å²) in [6.45, 7) is 1.90. The van der Waals surface area contributed by atoms with Crippen molar-refractivity contribution < 1.29 is 62.1 Å². The van der Waals surface area contributed by atoms with Gasteiger partial charge in [0.2, 0.25) is 0 Å². The van der Waals surface area contributed by atoms with Crippen LogP contribution in [0.5, 0.6) is 0 Å². The molecule has 0 spiro atoms. The molecule has 1 rings (SSSR count). The van der Waals surface area contributed by atoms with Crippen LogP contribution < -0.4 is 0 Å². The van der Waals surface area contributed by atoms with Gasteiger partial charge in [-0.15, -0.1) is 0 Å². The summed E-state index contributed by atoms with van der Waals surface area (Å²) in [6.07, 6.45) is -5.09. The summed E-state index contributed by atoms with van der Waals surface area (Å²) in [5.74, 6) is -11.4. The first kappa shape index (κ1) is 28.0. The Bertz CT molecular complexity index is 694. The zero-order valence-electron chi connectivity index (χ0n) is 14.5. The average molecular weight is 486 g/mol. The van der Waals surface area contributed by atoms with Gasteiger partial charge in [0.05, 0.1) is 12.8 Å². The van der Waals surface area contributed by atoms with Gasteiger partial charge in [0, 0.05) is 6.42 Å². The zero-order chi connectivity index (χ0) is 23.5. The number of carbonyl (C=O) groups is 2. The maximum Gasteiger partial charge on any atom is 0.460 e. The van der Waals surface area contributed by atoms with E-state index >= 15 is 0 Å². The first-order chi connectivity index (χ1) is 12.7. The molecule has 1 aliphatic heterocycles. The minimum atomic E-state index is -7.43. The van der Waals surface area contributed by atoms with Gasteiger partial charge in [0.1, 0.15) is 17.3 Å². The Balaban J connectivity index is 0.000000571. The molecule has 29 heavy (non-hydrogen) atoms. The quantitative estimate of drug-likeness (QED) is 0.327. The molecule has 172 valence electrons. The number of alkyl halides is 9. The van der Waals surface area contributed by atoms with E-state index in [1.165, 1.54) is 0 Å². The van der Waals surface area contributed by atoms with Crippen molar-refractivity contribution in [3.63, 3.8) is 0 Å². The third-order valence-corrected chi connectivity index (χ3v) is 6.71. The predicted octanol–water partition coefficient (Wildman–Crippen LogP) is 2.90. The van der Waals surface area contributed by atoms with Crippen molar-refractivity contribution in [3.8, 4) is 0 Å². The number of halogens is 9. The van der Waals surface area contributed by atoms with Crippen LogP contribution in [0.2, 0.25) is 0 Å². The van der Waals surface area contributed by atoms with E-state index < -0.39 is 33.4 Å². The van der Waals surface area contributed by atoms with Crippen molar-refractivity contribution in [3.05, 3.63) is 0 Å². The highest BCUT2D eigenvalue weighted by Gasteiger charge is 2.83. The van der Waals surface area contributed by atoms with Crippen molar-refractivity contribution >= 4 is 32.6 Å². The number of ketones is 2. The summed E-state index contributed by atoms with van der Waals surface area (Å²) in [6, 6.07) is 0. The first-order valence-electron chi connectivity index (χ1n) is 7.55. The smallest absolute Gasteiger partial charge is 0.460 e. The molecule has 1 aliphatic rings.